The fourth-order valence-electron chi connectivity index (χ4n) is 2.03. The lowest BCUT2D eigenvalue weighted by molar-refractivity contribution is -0.119. The Morgan fingerprint density at radius 1 is 1.32 bits per heavy atom. The quantitative estimate of drug-likeness (QED) is 0.743. The monoisotopic (exact) mass is 261 g/mol. The van der Waals surface area contributed by atoms with Crippen LogP contribution >= 0.6 is 0 Å². The number of hydrogen-bond donors (Lipinski definition) is 2. The first-order valence-electron chi connectivity index (χ1n) is 7.06. The Balaban J connectivity index is 1.87. The fraction of sp³-hybridized carbons (Fsp3) is 0.533. The van der Waals surface area contributed by atoms with Gasteiger partial charge in [0.05, 0.1) is 6.54 Å². The van der Waals surface area contributed by atoms with Crippen LogP contribution in [-0.2, 0) is 4.79 Å². The molecule has 1 aliphatic rings. The molecule has 0 radical (unpaired) electrons. The second-order valence-corrected chi connectivity index (χ2v) is 5.15. The molecule has 19 heavy (non-hydrogen) atoms. The normalized spacial score (nSPS) is 14.2. The summed E-state index contributed by atoms with van der Waals surface area (Å²) in [5.41, 5.74) is 6.65. The van der Waals surface area contributed by atoms with E-state index in [4.69, 9.17) is 5.73 Å². The van der Waals surface area contributed by atoms with E-state index in [1.807, 2.05) is 30.3 Å². The van der Waals surface area contributed by atoms with Gasteiger partial charge >= 0.3 is 0 Å². The topological polar surface area (TPSA) is 58.4 Å². The van der Waals surface area contributed by atoms with Crippen LogP contribution in [0.15, 0.2) is 30.3 Å². The Morgan fingerprint density at radius 3 is 2.68 bits per heavy atom. The lowest BCUT2D eigenvalue weighted by Crippen LogP contribution is -2.39. The lowest BCUT2D eigenvalue weighted by Gasteiger charge is -2.24. The number of carbonyl (C=O) groups is 1. The van der Waals surface area contributed by atoms with Gasteiger partial charge in [-0.2, -0.15) is 0 Å². The highest BCUT2D eigenvalue weighted by molar-refractivity contribution is 5.81. The van der Waals surface area contributed by atoms with Gasteiger partial charge in [-0.3, -0.25) is 4.79 Å². The van der Waals surface area contributed by atoms with E-state index >= 15 is 0 Å². The molecule has 0 heterocycles. The van der Waals surface area contributed by atoms with Crippen molar-refractivity contribution in [3.63, 3.8) is 0 Å². The molecule has 1 aromatic rings. The summed E-state index contributed by atoms with van der Waals surface area (Å²) in [5.74, 6) is 0.825. The summed E-state index contributed by atoms with van der Waals surface area (Å²) in [7, 11) is 0. The predicted octanol–water partition coefficient (Wildman–Crippen LogP) is 1.37. The molecule has 4 heteroatoms. The second kappa shape index (κ2) is 7.14. The third-order valence-electron chi connectivity index (χ3n) is 3.37. The molecule has 1 aromatic carbocycles. The Bertz CT molecular complexity index is 390. The van der Waals surface area contributed by atoms with E-state index in [2.05, 4.69) is 10.2 Å². The zero-order valence-electron chi connectivity index (χ0n) is 11.3. The van der Waals surface area contributed by atoms with Gasteiger partial charge in [0.1, 0.15) is 0 Å². The van der Waals surface area contributed by atoms with E-state index < -0.39 is 0 Å². The van der Waals surface area contributed by atoms with Crippen LogP contribution in [0.4, 0.5) is 5.69 Å². The summed E-state index contributed by atoms with van der Waals surface area (Å²) in [6, 6.07) is 10.0. The first-order chi connectivity index (χ1) is 9.29. The van der Waals surface area contributed by atoms with Crippen LogP contribution in [0, 0.1) is 5.92 Å². The van der Waals surface area contributed by atoms with Crippen LogP contribution in [-0.4, -0.2) is 32.1 Å². The molecular weight excluding hydrogens is 238 g/mol. The minimum atomic E-state index is 0.104. The van der Waals surface area contributed by atoms with E-state index in [0.717, 1.165) is 31.1 Å². The number of anilines is 1. The van der Waals surface area contributed by atoms with Crippen molar-refractivity contribution in [2.45, 2.75) is 19.3 Å². The first-order valence-corrected chi connectivity index (χ1v) is 7.06. The van der Waals surface area contributed by atoms with Crippen molar-refractivity contribution in [2.24, 2.45) is 11.7 Å². The minimum absolute atomic E-state index is 0.104. The van der Waals surface area contributed by atoms with Crippen molar-refractivity contribution in [3.05, 3.63) is 30.3 Å². The van der Waals surface area contributed by atoms with Crippen LogP contribution in [0.25, 0.3) is 0 Å². The number of amides is 1. The van der Waals surface area contributed by atoms with Crippen molar-refractivity contribution >= 4 is 11.6 Å². The first kappa shape index (κ1) is 13.9. The molecule has 1 aliphatic carbocycles. The Kier molecular flexibility index (Phi) is 5.21. The van der Waals surface area contributed by atoms with Crippen molar-refractivity contribution in [2.75, 3.05) is 31.1 Å². The maximum absolute atomic E-state index is 11.9. The van der Waals surface area contributed by atoms with E-state index in [1.54, 1.807) is 0 Å². The van der Waals surface area contributed by atoms with E-state index in [-0.39, 0.29) is 5.91 Å². The molecule has 1 fully saturated rings. The maximum atomic E-state index is 11.9. The molecular formula is C15H23N3O. The van der Waals surface area contributed by atoms with Crippen molar-refractivity contribution < 1.29 is 4.79 Å². The van der Waals surface area contributed by atoms with Gasteiger partial charge in [0.15, 0.2) is 0 Å². The molecule has 104 valence electrons. The van der Waals surface area contributed by atoms with Crippen LogP contribution in [0.1, 0.15) is 19.3 Å². The highest BCUT2D eigenvalue weighted by Gasteiger charge is 2.22. The number of rotatable bonds is 8. The van der Waals surface area contributed by atoms with Gasteiger partial charge in [0, 0.05) is 18.8 Å². The molecule has 0 atom stereocenters. The number of hydrogen-bond acceptors (Lipinski definition) is 3. The van der Waals surface area contributed by atoms with Gasteiger partial charge < -0.3 is 16.0 Å². The molecule has 4 nitrogen and oxygen atoms in total. The third-order valence-corrected chi connectivity index (χ3v) is 3.37. The number of nitrogens with zero attached hydrogens (tertiary/aromatic N) is 1. The van der Waals surface area contributed by atoms with Crippen LogP contribution in [0.2, 0.25) is 0 Å². The van der Waals surface area contributed by atoms with Crippen LogP contribution < -0.4 is 16.0 Å². The summed E-state index contributed by atoms with van der Waals surface area (Å²) < 4.78 is 0. The smallest absolute Gasteiger partial charge is 0.239 e. The summed E-state index contributed by atoms with van der Waals surface area (Å²) in [6.07, 6.45) is 3.41. The summed E-state index contributed by atoms with van der Waals surface area (Å²) in [4.78, 5) is 14.0. The van der Waals surface area contributed by atoms with Gasteiger partial charge in [-0.25, -0.2) is 0 Å². The lowest BCUT2D eigenvalue weighted by atomic mass is 10.2. The molecule has 3 N–H and O–H groups in total. The molecule has 0 aliphatic heterocycles. The molecule has 0 unspecified atom stereocenters. The predicted molar refractivity (Wildman–Crippen MR) is 78.1 cm³/mol. The standard InChI is InChI=1S/C15H23N3O/c16-9-4-10-18(14-5-2-1-3-6-14)12-15(19)17-11-13-7-8-13/h1-3,5-6,13H,4,7-12,16H2,(H,17,19). The molecule has 0 spiro atoms. The fourth-order valence-corrected chi connectivity index (χ4v) is 2.03. The summed E-state index contributed by atoms with van der Waals surface area (Å²) in [6.45, 7) is 2.71. The summed E-state index contributed by atoms with van der Waals surface area (Å²) in [5, 5.41) is 3.01. The average Bonchev–Trinajstić information content (AvgIpc) is 3.26. The highest BCUT2D eigenvalue weighted by atomic mass is 16.2. The van der Waals surface area contributed by atoms with E-state index in [9.17, 15) is 4.79 Å². The third kappa shape index (κ3) is 4.91. The van der Waals surface area contributed by atoms with Crippen molar-refractivity contribution in [1.29, 1.82) is 0 Å². The zero-order valence-corrected chi connectivity index (χ0v) is 11.3. The second-order valence-electron chi connectivity index (χ2n) is 5.15. The van der Waals surface area contributed by atoms with Gasteiger partial charge in [-0.1, -0.05) is 18.2 Å². The SMILES string of the molecule is NCCCN(CC(=O)NCC1CC1)c1ccccc1. The molecule has 0 bridgehead atoms. The van der Waals surface area contributed by atoms with Crippen molar-refractivity contribution in [3.8, 4) is 0 Å². The van der Waals surface area contributed by atoms with Gasteiger partial charge in [0.2, 0.25) is 5.91 Å². The van der Waals surface area contributed by atoms with Crippen LogP contribution in [0.3, 0.4) is 0 Å². The summed E-state index contributed by atoms with van der Waals surface area (Å²) >= 11 is 0. The number of para-hydroxylation sites is 1. The highest BCUT2D eigenvalue weighted by Crippen LogP contribution is 2.27. The van der Waals surface area contributed by atoms with E-state index in [0.29, 0.717) is 13.1 Å². The number of nitrogens with two attached hydrogens (primary N) is 1. The molecule has 1 amide bonds. The van der Waals surface area contributed by atoms with Crippen LogP contribution in [0.5, 0.6) is 0 Å². The minimum Gasteiger partial charge on any atom is -0.362 e. The largest absolute Gasteiger partial charge is 0.362 e. The molecule has 2 rings (SSSR count). The average molecular weight is 261 g/mol. The van der Waals surface area contributed by atoms with Gasteiger partial charge in [0.25, 0.3) is 0 Å². The van der Waals surface area contributed by atoms with Gasteiger partial charge in [-0.05, 0) is 43.9 Å². The van der Waals surface area contributed by atoms with E-state index in [1.165, 1.54) is 12.8 Å². The number of carbonyl (C=O) groups excluding carboxylic acids is 1. The molecule has 0 aromatic heterocycles. The Hall–Kier alpha value is -1.55. The maximum Gasteiger partial charge on any atom is 0.239 e. The van der Waals surface area contributed by atoms with Gasteiger partial charge in [-0.15, -0.1) is 0 Å². The molecule has 1 saturated carbocycles. The van der Waals surface area contributed by atoms with Crippen molar-refractivity contribution in [1.82, 2.24) is 5.32 Å². The molecule has 0 saturated heterocycles. The Labute approximate surface area is 115 Å². The zero-order chi connectivity index (χ0) is 13.5. The Morgan fingerprint density at radius 2 is 2.05 bits per heavy atom. The number of benzene rings is 1. The number of nitrogens with one attached hydrogen (secondary N) is 1.